The van der Waals surface area contributed by atoms with Crippen molar-refractivity contribution in [3.8, 4) is 0 Å². The van der Waals surface area contributed by atoms with Crippen LogP contribution in [0, 0.1) is 17.8 Å². The molecule has 102 valence electrons. The van der Waals surface area contributed by atoms with Crippen LogP contribution in [0.25, 0.3) is 0 Å². The van der Waals surface area contributed by atoms with E-state index >= 15 is 0 Å². The number of nitrogens with one attached hydrogen (secondary N) is 1. The van der Waals surface area contributed by atoms with Crippen LogP contribution in [0.15, 0.2) is 24.3 Å². The molecular weight excluding hydrogens is 234 g/mol. The van der Waals surface area contributed by atoms with Crippen molar-refractivity contribution in [2.75, 3.05) is 5.32 Å². The molecule has 2 aliphatic rings. The maximum atomic E-state index is 12.5. The Morgan fingerprint density at radius 2 is 2.00 bits per heavy atom. The van der Waals surface area contributed by atoms with E-state index < -0.39 is 0 Å². The zero-order valence-electron chi connectivity index (χ0n) is 11.9. The maximum absolute atomic E-state index is 12.5. The highest BCUT2D eigenvalue weighted by Crippen LogP contribution is 2.48. The van der Waals surface area contributed by atoms with Crippen LogP contribution in [0.2, 0.25) is 0 Å². The minimum Gasteiger partial charge on any atom is -0.326 e. The summed E-state index contributed by atoms with van der Waals surface area (Å²) in [6, 6.07) is 8.19. The Bertz CT molecular complexity index is 480. The Kier molecular flexibility index (Phi) is 3.34. The summed E-state index contributed by atoms with van der Waals surface area (Å²) in [5.74, 6) is 2.42. The van der Waals surface area contributed by atoms with E-state index in [9.17, 15) is 4.79 Å². The first-order valence-corrected chi connectivity index (χ1v) is 7.55. The highest BCUT2D eigenvalue weighted by molar-refractivity contribution is 5.93. The maximum Gasteiger partial charge on any atom is 0.227 e. The van der Waals surface area contributed by atoms with Gasteiger partial charge in [0.1, 0.15) is 0 Å². The van der Waals surface area contributed by atoms with Crippen LogP contribution in [-0.2, 0) is 4.79 Å². The predicted octanol–water partition coefficient (Wildman–Crippen LogP) is 4.18. The number of rotatable bonds is 3. The molecule has 2 heteroatoms. The van der Waals surface area contributed by atoms with E-state index in [-0.39, 0.29) is 11.8 Å². The molecule has 19 heavy (non-hydrogen) atoms. The molecule has 3 rings (SSSR count). The summed E-state index contributed by atoms with van der Waals surface area (Å²) in [4.78, 5) is 12.5. The molecule has 2 fully saturated rings. The van der Waals surface area contributed by atoms with Crippen molar-refractivity contribution < 1.29 is 4.79 Å². The molecule has 1 aromatic rings. The standard InChI is InChI=1S/C17H23NO/c1-11(2)14-5-3-4-6-16(14)18-17(19)15-10-12-7-8-13(15)9-12/h3-6,11-13,15H,7-10H2,1-2H3,(H,18,19)/t12-,13+,15+/m0/s1. The Hall–Kier alpha value is -1.31. The minimum atomic E-state index is 0.250. The van der Waals surface area contributed by atoms with Crippen LogP contribution in [0.1, 0.15) is 51.0 Å². The van der Waals surface area contributed by atoms with Crippen LogP contribution in [0.5, 0.6) is 0 Å². The van der Waals surface area contributed by atoms with Gasteiger partial charge < -0.3 is 5.32 Å². The molecule has 0 aliphatic heterocycles. The van der Waals surface area contributed by atoms with Crippen LogP contribution >= 0.6 is 0 Å². The van der Waals surface area contributed by atoms with Gasteiger partial charge in [0.15, 0.2) is 0 Å². The average Bonchev–Trinajstić information content (AvgIpc) is 3.01. The Balaban J connectivity index is 1.73. The molecule has 0 saturated heterocycles. The molecule has 1 aromatic carbocycles. The van der Waals surface area contributed by atoms with Gasteiger partial charge in [-0.25, -0.2) is 0 Å². The highest BCUT2D eigenvalue weighted by atomic mass is 16.1. The van der Waals surface area contributed by atoms with Crippen molar-refractivity contribution in [2.24, 2.45) is 17.8 Å². The summed E-state index contributed by atoms with van der Waals surface area (Å²) < 4.78 is 0. The van der Waals surface area contributed by atoms with E-state index in [1.165, 1.54) is 24.8 Å². The lowest BCUT2D eigenvalue weighted by atomic mass is 9.88. The lowest BCUT2D eigenvalue weighted by Gasteiger charge is -2.22. The molecule has 0 unspecified atom stereocenters. The fourth-order valence-electron chi connectivity index (χ4n) is 3.91. The average molecular weight is 257 g/mol. The zero-order valence-corrected chi connectivity index (χ0v) is 11.9. The molecule has 3 atom stereocenters. The minimum absolute atomic E-state index is 0.250. The van der Waals surface area contributed by atoms with Gasteiger partial charge in [0.2, 0.25) is 5.91 Å². The summed E-state index contributed by atoms with van der Waals surface area (Å²) in [5.41, 5.74) is 2.24. The first-order chi connectivity index (χ1) is 9.15. The zero-order chi connectivity index (χ0) is 13.4. The van der Waals surface area contributed by atoms with Gasteiger partial charge in [0.05, 0.1) is 0 Å². The predicted molar refractivity (Wildman–Crippen MR) is 78.1 cm³/mol. The third-order valence-corrected chi connectivity index (χ3v) is 4.92. The number of para-hydroxylation sites is 1. The molecule has 1 amide bonds. The first-order valence-electron chi connectivity index (χ1n) is 7.55. The van der Waals surface area contributed by atoms with Crippen LogP contribution in [0.3, 0.4) is 0 Å². The number of carbonyl (C=O) groups is 1. The second-order valence-corrected chi connectivity index (χ2v) is 6.51. The Morgan fingerprint density at radius 1 is 1.21 bits per heavy atom. The van der Waals surface area contributed by atoms with Crippen molar-refractivity contribution in [1.82, 2.24) is 0 Å². The smallest absolute Gasteiger partial charge is 0.227 e. The molecule has 2 bridgehead atoms. The van der Waals surface area contributed by atoms with Crippen molar-refractivity contribution in [2.45, 2.75) is 45.4 Å². The van der Waals surface area contributed by atoms with Crippen LogP contribution < -0.4 is 5.32 Å². The van der Waals surface area contributed by atoms with Gasteiger partial charge in [0, 0.05) is 11.6 Å². The summed E-state index contributed by atoms with van der Waals surface area (Å²) in [6.07, 6.45) is 5.00. The monoisotopic (exact) mass is 257 g/mol. The van der Waals surface area contributed by atoms with Gasteiger partial charge in [0.25, 0.3) is 0 Å². The largest absolute Gasteiger partial charge is 0.326 e. The molecule has 1 N–H and O–H groups in total. The topological polar surface area (TPSA) is 29.1 Å². The summed E-state index contributed by atoms with van der Waals surface area (Å²) in [5, 5.41) is 3.18. The SMILES string of the molecule is CC(C)c1ccccc1NC(=O)[C@@H]1C[C@H]2CC[C@@H]1C2. The fraction of sp³-hybridized carbons (Fsp3) is 0.588. The Labute approximate surface area is 115 Å². The van der Waals surface area contributed by atoms with Gasteiger partial charge >= 0.3 is 0 Å². The normalized spacial score (nSPS) is 28.9. The Morgan fingerprint density at radius 3 is 2.63 bits per heavy atom. The molecule has 0 heterocycles. The summed E-state index contributed by atoms with van der Waals surface area (Å²) in [6.45, 7) is 4.34. The van der Waals surface area contributed by atoms with Gasteiger partial charge in [-0.05, 0) is 48.6 Å². The lowest BCUT2D eigenvalue weighted by molar-refractivity contribution is -0.121. The van der Waals surface area contributed by atoms with E-state index in [0.29, 0.717) is 11.8 Å². The molecule has 0 radical (unpaired) electrons. The van der Waals surface area contributed by atoms with Crippen molar-refractivity contribution in [1.29, 1.82) is 0 Å². The molecule has 2 nitrogen and oxygen atoms in total. The summed E-state index contributed by atoms with van der Waals surface area (Å²) in [7, 11) is 0. The van der Waals surface area contributed by atoms with Crippen molar-refractivity contribution >= 4 is 11.6 Å². The summed E-state index contributed by atoms with van der Waals surface area (Å²) >= 11 is 0. The molecule has 0 aromatic heterocycles. The fourth-order valence-corrected chi connectivity index (χ4v) is 3.91. The number of benzene rings is 1. The number of carbonyl (C=O) groups excluding carboxylic acids is 1. The van der Waals surface area contributed by atoms with Gasteiger partial charge in [-0.3, -0.25) is 4.79 Å². The van der Waals surface area contributed by atoms with Crippen molar-refractivity contribution in [3.05, 3.63) is 29.8 Å². The first kappa shape index (κ1) is 12.7. The second-order valence-electron chi connectivity index (χ2n) is 6.51. The third-order valence-electron chi connectivity index (χ3n) is 4.92. The lowest BCUT2D eigenvalue weighted by Crippen LogP contribution is -2.27. The number of hydrogen-bond donors (Lipinski definition) is 1. The molecule has 2 aliphatic carbocycles. The second kappa shape index (κ2) is 4.99. The van der Waals surface area contributed by atoms with E-state index in [1.54, 1.807) is 0 Å². The molecular formula is C17H23NO. The van der Waals surface area contributed by atoms with Crippen molar-refractivity contribution in [3.63, 3.8) is 0 Å². The van der Waals surface area contributed by atoms with E-state index in [0.717, 1.165) is 18.0 Å². The van der Waals surface area contributed by atoms with Gasteiger partial charge in [-0.15, -0.1) is 0 Å². The van der Waals surface area contributed by atoms with Gasteiger partial charge in [-0.2, -0.15) is 0 Å². The number of fused-ring (bicyclic) bond motifs is 2. The highest BCUT2D eigenvalue weighted by Gasteiger charge is 2.43. The third kappa shape index (κ3) is 2.41. The van der Waals surface area contributed by atoms with E-state index in [1.807, 2.05) is 18.2 Å². The number of anilines is 1. The van der Waals surface area contributed by atoms with Crippen LogP contribution in [-0.4, -0.2) is 5.91 Å². The number of hydrogen-bond acceptors (Lipinski definition) is 1. The quantitative estimate of drug-likeness (QED) is 0.864. The van der Waals surface area contributed by atoms with Crippen LogP contribution in [0.4, 0.5) is 5.69 Å². The van der Waals surface area contributed by atoms with Gasteiger partial charge in [-0.1, -0.05) is 38.5 Å². The van der Waals surface area contributed by atoms with E-state index in [4.69, 9.17) is 0 Å². The molecule has 0 spiro atoms. The molecule has 2 saturated carbocycles. The number of amides is 1. The van der Waals surface area contributed by atoms with E-state index in [2.05, 4.69) is 25.2 Å².